The van der Waals surface area contributed by atoms with Gasteiger partial charge >= 0.3 is 5.97 Å². The SMILES string of the molecule is COCC(O)CCNC(=O)CCCCC(=O)O. The molecule has 0 spiro atoms. The zero-order valence-electron chi connectivity index (χ0n) is 10.1. The summed E-state index contributed by atoms with van der Waals surface area (Å²) in [6.45, 7) is 0.663. The number of carbonyl (C=O) groups excluding carboxylic acids is 1. The molecule has 0 heterocycles. The summed E-state index contributed by atoms with van der Waals surface area (Å²) in [5.41, 5.74) is 0. The monoisotopic (exact) mass is 247 g/mol. The Morgan fingerprint density at radius 3 is 2.53 bits per heavy atom. The molecule has 17 heavy (non-hydrogen) atoms. The number of aliphatic hydroxyl groups is 1. The Bertz CT molecular complexity index is 232. The fourth-order valence-electron chi connectivity index (χ4n) is 1.30. The largest absolute Gasteiger partial charge is 0.481 e. The molecule has 3 N–H and O–H groups in total. The van der Waals surface area contributed by atoms with Crippen molar-refractivity contribution in [1.29, 1.82) is 0 Å². The molecule has 0 rings (SSSR count). The van der Waals surface area contributed by atoms with E-state index in [0.29, 0.717) is 32.2 Å². The lowest BCUT2D eigenvalue weighted by Gasteiger charge is -2.09. The lowest BCUT2D eigenvalue weighted by atomic mass is 10.2. The van der Waals surface area contributed by atoms with Crippen LogP contribution in [0, 0.1) is 0 Å². The molecule has 0 aliphatic rings. The molecular formula is C11H21NO5. The highest BCUT2D eigenvalue weighted by Gasteiger charge is 2.05. The van der Waals surface area contributed by atoms with Crippen molar-refractivity contribution in [1.82, 2.24) is 5.32 Å². The standard InChI is InChI=1S/C11H21NO5/c1-17-8-9(13)6-7-12-10(14)4-2-3-5-11(15)16/h9,13H,2-8H2,1H3,(H,12,14)(H,15,16). The Hall–Kier alpha value is -1.14. The minimum Gasteiger partial charge on any atom is -0.481 e. The van der Waals surface area contributed by atoms with Crippen LogP contribution in [0.5, 0.6) is 0 Å². The number of aliphatic carboxylic acids is 1. The molecular weight excluding hydrogens is 226 g/mol. The minimum absolute atomic E-state index is 0.0971. The van der Waals surface area contributed by atoms with Crippen LogP contribution in [0.3, 0.4) is 0 Å². The number of unbranched alkanes of at least 4 members (excludes halogenated alkanes) is 1. The van der Waals surface area contributed by atoms with Crippen LogP contribution in [0.2, 0.25) is 0 Å². The number of nitrogens with one attached hydrogen (secondary N) is 1. The maximum atomic E-state index is 11.3. The number of ether oxygens (including phenoxy) is 1. The second-order valence-electron chi connectivity index (χ2n) is 3.85. The van der Waals surface area contributed by atoms with Crippen molar-refractivity contribution in [2.24, 2.45) is 0 Å². The Balaban J connectivity index is 3.37. The van der Waals surface area contributed by atoms with Gasteiger partial charge in [0.25, 0.3) is 0 Å². The van der Waals surface area contributed by atoms with Gasteiger partial charge in [0.15, 0.2) is 0 Å². The van der Waals surface area contributed by atoms with E-state index in [1.165, 1.54) is 7.11 Å². The van der Waals surface area contributed by atoms with Crippen LogP contribution in [0.15, 0.2) is 0 Å². The quantitative estimate of drug-likeness (QED) is 0.477. The van der Waals surface area contributed by atoms with Crippen molar-refractivity contribution in [2.75, 3.05) is 20.3 Å². The van der Waals surface area contributed by atoms with Gasteiger partial charge in [-0.3, -0.25) is 9.59 Å². The Morgan fingerprint density at radius 2 is 1.94 bits per heavy atom. The first-order chi connectivity index (χ1) is 8.06. The average Bonchev–Trinajstić information content (AvgIpc) is 2.24. The van der Waals surface area contributed by atoms with Crippen LogP contribution in [0.1, 0.15) is 32.1 Å². The molecule has 6 heteroatoms. The smallest absolute Gasteiger partial charge is 0.303 e. The first kappa shape index (κ1) is 15.9. The number of aliphatic hydroxyl groups excluding tert-OH is 1. The zero-order chi connectivity index (χ0) is 13.1. The second-order valence-corrected chi connectivity index (χ2v) is 3.85. The molecule has 0 fully saturated rings. The molecule has 100 valence electrons. The van der Waals surface area contributed by atoms with E-state index in [-0.39, 0.29) is 18.9 Å². The van der Waals surface area contributed by atoms with Crippen molar-refractivity contribution in [3.8, 4) is 0 Å². The van der Waals surface area contributed by atoms with E-state index in [4.69, 9.17) is 9.84 Å². The number of amides is 1. The molecule has 1 amide bonds. The molecule has 1 unspecified atom stereocenters. The predicted molar refractivity (Wildman–Crippen MR) is 61.6 cm³/mol. The highest BCUT2D eigenvalue weighted by molar-refractivity contribution is 5.75. The fourth-order valence-corrected chi connectivity index (χ4v) is 1.30. The van der Waals surface area contributed by atoms with Gasteiger partial charge in [-0.1, -0.05) is 0 Å². The predicted octanol–water partition coefficient (Wildman–Crippen LogP) is 0.145. The molecule has 0 aliphatic carbocycles. The number of hydrogen-bond acceptors (Lipinski definition) is 4. The summed E-state index contributed by atoms with van der Waals surface area (Å²) in [6.07, 6.45) is 1.39. The van der Waals surface area contributed by atoms with Crippen molar-refractivity contribution < 1.29 is 24.5 Å². The lowest BCUT2D eigenvalue weighted by molar-refractivity contribution is -0.137. The van der Waals surface area contributed by atoms with Gasteiger partial charge in [-0.25, -0.2) is 0 Å². The van der Waals surface area contributed by atoms with E-state index < -0.39 is 12.1 Å². The summed E-state index contributed by atoms with van der Waals surface area (Å²) >= 11 is 0. The van der Waals surface area contributed by atoms with E-state index >= 15 is 0 Å². The topological polar surface area (TPSA) is 95.9 Å². The molecule has 0 saturated carbocycles. The van der Waals surface area contributed by atoms with Crippen molar-refractivity contribution in [2.45, 2.75) is 38.2 Å². The van der Waals surface area contributed by atoms with Gasteiger partial charge in [0.2, 0.25) is 5.91 Å². The van der Waals surface area contributed by atoms with Crippen molar-refractivity contribution in [3.05, 3.63) is 0 Å². The first-order valence-electron chi connectivity index (χ1n) is 5.71. The van der Waals surface area contributed by atoms with Gasteiger partial charge in [-0.05, 0) is 19.3 Å². The zero-order valence-corrected chi connectivity index (χ0v) is 10.1. The number of rotatable bonds is 10. The molecule has 0 radical (unpaired) electrons. The van der Waals surface area contributed by atoms with Crippen LogP contribution in [0.25, 0.3) is 0 Å². The Morgan fingerprint density at radius 1 is 1.29 bits per heavy atom. The van der Waals surface area contributed by atoms with Gasteiger partial charge in [-0.15, -0.1) is 0 Å². The molecule has 0 bridgehead atoms. The molecule has 0 aromatic heterocycles. The number of methoxy groups -OCH3 is 1. The third-order valence-electron chi connectivity index (χ3n) is 2.20. The normalized spacial score (nSPS) is 12.1. The number of hydrogen-bond donors (Lipinski definition) is 3. The first-order valence-corrected chi connectivity index (χ1v) is 5.71. The lowest BCUT2D eigenvalue weighted by Crippen LogP contribution is -2.28. The van der Waals surface area contributed by atoms with E-state index in [1.807, 2.05) is 0 Å². The summed E-state index contributed by atoms with van der Waals surface area (Å²) in [7, 11) is 1.50. The van der Waals surface area contributed by atoms with Gasteiger partial charge < -0.3 is 20.3 Å². The molecule has 0 aromatic carbocycles. The highest BCUT2D eigenvalue weighted by atomic mass is 16.5. The van der Waals surface area contributed by atoms with Gasteiger partial charge in [0.1, 0.15) is 0 Å². The van der Waals surface area contributed by atoms with Crippen LogP contribution in [-0.2, 0) is 14.3 Å². The minimum atomic E-state index is -0.840. The average molecular weight is 247 g/mol. The Labute approximate surface area is 101 Å². The molecule has 6 nitrogen and oxygen atoms in total. The van der Waals surface area contributed by atoms with E-state index in [0.717, 1.165) is 0 Å². The van der Waals surface area contributed by atoms with Gasteiger partial charge in [0, 0.05) is 26.5 Å². The molecule has 0 aromatic rings. The van der Waals surface area contributed by atoms with Gasteiger partial charge in [0.05, 0.1) is 12.7 Å². The summed E-state index contributed by atoms with van der Waals surface area (Å²) in [4.78, 5) is 21.5. The molecule has 0 aliphatic heterocycles. The highest BCUT2D eigenvalue weighted by Crippen LogP contribution is 1.99. The number of carbonyl (C=O) groups is 2. The third-order valence-corrected chi connectivity index (χ3v) is 2.20. The summed E-state index contributed by atoms with van der Waals surface area (Å²) in [5, 5.41) is 20.3. The summed E-state index contributed by atoms with van der Waals surface area (Å²) in [5.74, 6) is -0.951. The maximum absolute atomic E-state index is 11.3. The fraction of sp³-hybridized carbons (Fsp3) is 0.818. The van der Waals surface area contributed by atoms with E-state index in [1.54, 1.807) is 0 Å². The van der Waals surface area contributed by atoms with Crippen molar-refractivity contribution >= 4 is 11.9 Å². The summed E-state index contributed by atoms with van der Waals surface area (Å²) in [6, 6.07) is 0. The van der Waals surface area contributed by atoms with E-state index in [2.05, 4.69) is 5.32 Å². The second kappa shape index (κ2) is 10.0. The van der Waals surface area contributed by atoms with E-state index in [9.17, 15) is 14.7 Å². The number of carboxylic acid groups (broad SMARTS) is 1. The third kappa shape index (κ3) is 11.1. The molecule has 1 atom stereocenters. The Kier molecular flexibility index (Phi) is 9.37. The van der Waals surface area contributed by atoms with Crippen LogP contribution < -0.4 is 5.32 Å². The van der Waals surface area contributed by atoms with Gasteiger partial charge in [-0.2, -0.15) is 0 Å². The molecule has 0 saturated heterocycles. The summed E-state index contributed by atoms with van der Waals surface area (Å²) < 4.78 is 4.74. The van der Waals surface area contributed by atoms with Crippen LogP contribution in [-0.4, -0.2) is 48.5 Å². The van der Waals surface area contributed by atoms with Crippen LogP contribution >= 0.6 is 0 Å². The maximum Gasteiger partial charge on any atom is 0.303 e. The van der Waals surface area contributed by atoms with Crippen LogP contribution in [0.4, 0.5) is 0 Å². The van der Waals surface area contributed by atoms with Crippen molar-refractivity contribution in [3.63, 3.8) is 0 Å². The number of carboxylic acids is 1.